The fourth-order valence-corrected chi connectivity index (χ4v) is 2.96. The molecule has 9 heteroatoms. The van der Waals surface area contributed by atoms with E-state index in [1.54, 1.807) is 0 Å². The molecule has 0 amide bonds. The third-order valence-corrected chi connectivity index (χ3v) is 4.89. The van der Waals surface area contributed by atoms with Crippen LogP contribution in [0.5, 0.6) is 0 Å². The van der Waals surface area contributed by atoms with Gasteiger partial charge in [-0.3, -0.25) is 0 Å². The maximum Gasteiger partial charge on any atom is 0.276 e. The normalized spacial score (nSPS) is 13.1. The number of nitrogens with zero attached hydrogens (tertiary/aromatic N) is 1. The van der Waals surface area contributed by atoms with Gasteiger partial charge >= 0.3 is 0 Å². The first-order valence-electron chi connectivity index (χ1n) is 5.00. The molecule has 0 aromatic carbocycles. The summed E-state index contributed by atoms with van der Waals surface area (Å²) in [6.07, 6.45) is 1.03. The fourth-order valence-electron chi connectivity index (χ4n) is 1.15. The van der Waals surface area contributed by atoms with E-state index >= 15 is 0 Å². The van der Waals surface area contributed by atoms with Crippen LogP contribution in [0.25, 0.3) is 0 Å². The Morgan fingerprint density at radius 3 is 2.33 bits per heavy atom. The summed E-state index contributed by atoms with van der Waals surface area (Å²) in [6, 6.07) is 2.56. The van der Waals surface area contributed by atoms with E-state index in [4.69, 9.17) is 9.52 Å². The van der Waals surface area contributed by atoms with Crippen LogP contribution in [0.2, 0.25) is 0 Å². The second-order valence-corrected chi connectivity index (χ2v) is 8.07. The summed E-state index contributed by atoms with van der Waals surface area (Å²) in [5.74, 6) is -0.138. The minimum Gasteiger partial charge on any atom is -0.446 e. The molecular formula is C9H15NO6S2. The number of hydrogen-bond acceptors (Lipinski definition) is 6. The van der Waals surface area contributed by atoms with Gasteiger partial charge in [-0.05, 0) is 12.1 Å². The van der Waals surface area contributed by atoms with Crippen LogP contribution in [0, 0.1) is 0 Å². The zero-order valence-corrected chi connectivity index (χ0v) is 11.7. The van der Waals surface area contributed by atoms with Crippen LogP contribution in [0.4, 0.5) is 0 Å². The predicted molar refractivity (Wildman–Crippen MR) is 64.2 cm³/mol. The van der Waals surface area contributed by atoms with E-state index in [0.717, 1.165) is 10.6 Å². The van der Waals surface area contributed by atoms with Gasteiger partial charge in [-0.15, -0.1) is 0 Å². The average Bonchev–Trinajstić information content (AvgIpc) is 2.73. The molecule has 0 fully saturated rings. The summed E-state index contributed by atoms with van der Waals surface area (Å²) in [5.41, 5.74) is 0. The molecule has 0 saturated heterocycles. The molecule has 0 atom stereocenters. The Morgan fingerprint density at radius 2 is 1.89 bits per heavy atom. The lowest BCUT2D eigenvalue weighted by Gasteiger charge is -2.14. The SMILES string of the molecule is CN(CCS(C)(=O)=O)S(=O)(=O)c1ccc(CO)o1. The number of rotatable bonds is 6. The van der Waals surface area contributed by atoms with Gasteiger partial charge in [-0.1, -0.05) is 0 Å². The van der Waals surface area contributed by atoms with Gasteiger partial charge in [0.15, 0.2) is 0 Å². The molecule has 0 aliphatic rings. The quantitative estimate of drug-likeness (QED) is 0.754. The van der Waals surface area contributed by atoms with Gasteiger partial charge < -0.3 is 9.52 Å². The molecule has 104 valence electrons. The molecule has 0 radical (unpaired) electrons. The first-order valence-corrected chi connectivity index (χ1v) is 8.50. The van der Waals surface area contributed by atoms with Crippen molar-refractivity contribution in [2.75, 3.05) is 25.6 Å². The number of furan rings is 1. The van der Waals surface area contributed by atoms with E-state index in [2.05, 4.69) is 0 Å². The van der Waals surface area contributed by atoms with Gasteiger partial charge in [0.25, 0.3) is 10.0 Å². The lowest BCUT2D eigenvalue weighted by atomic mass is 10.5. The first-order chi connectivity index (χ1) is 8.16. The van der Waals surface area contributed by atoms with Crippen molar-refractivity contribution in [3.05, 3.63) is 17.9 Å². The van der Waals surface area contributed by atoms with Gasteiger partial charge in [-0.25, -0.2) is 16.8 Å². The predicted octanol–water partition coefficient (Wildman–Crippen LogP) is -0.563. The zero-order chi connectivity index (χ0) is 14.0. The molecule has 0 aliphatic carbocycles. The Hall–Kier alpha value is -0.900. The van der Waals surface area contributed by atoms with E-state index in [9.17, 15) is 16.8 Å². The number of sulfone groups is 1. The van der Waals surface area contributed by atoms with Crippen molar-refractivity contribution < 1.29 is 26.4 Å². The minimum atomic E-state index is -3.86. The van der Waals surface area contributed by atoms with Crippen molar-refractivity contribution in [2.24, 2.45) is 0 Å². The Labute approximate surface area is 106 Å². The van der Waals surface area contributed by atoms with Crippen LogP contribution >= 0.6 is 0 Å². The number of hydrogen-bond donors (Lipinski definition) is 1. The number of sulfonamides is 1. The topological polar surface area (TPSA) is 105 Å². The summed E-state index contributed by atoms with van der Waals surface area (Å²) in [7, 11) is -5.83. The molecule has 7 nitrogen and oxygen atoms in total. The van der Waals surface area contributed by atoms with Crippen LogP contribution in [-0.2, 0) is 26.5 Å². The van der Waals surface area contributed by atoms with Gasteiger partial charge in [-0.2, -0.15) is 4.31 Å². The highest BCUT2D eigenvalue weighted by Gasteiger charge is 2.25. The summed E-state index contributed by atoms with van der Waals surface area (Å²) in [4.78, 5) is 0. The van der Waals surface area contributed by atoms with Crippen molar-refractivity contribution in [1.29, 1.82) is 0 Å². The lowest BCUT2D eigenvalue weighted by Crippen LogP contribution is -2.31. The molecule has 1 heterocycles. The first kappa shape index (κ1) is 15.2. The van der Waals surface area contributed by atoms with E-state index in [0.29, 0.717) is 0 Å². The Kier molecular flexibility index (Phi) is 4.54. The maximum atomic E-state index is 11.9. The minimum absolute atomic E-state index is 0.130. The van der Waals surface area contributed by atoms with Gasteiger partial charge in [0, 0.05) is 19.8 Å². The Morgan fingerprint density at radius 1 is 1.28 bits per heavy atom. The van der Waals surface area contributed by atoms with Crippen molar-refractivity contribution in [1.82, 2.24) is 4.31 Å². The van der Waals surface area contributed by atoms with E-state index in [1.807, 2.05) is 0 Å². The molecule has 0 unspecified atom stereocenters. The fraction of sp³-hybridized carbons (Fsp3) is 0.556. The highest BCUT2D eigenvalue weighted by atomic mass is 32.2. The molecule has 0 bridgehead atoms. The average molecular weight is 297 g/mol. The van der Waals surface area contributed by atoms with Gasteiger partial charge in [0.2, 0.25) is 5.09 Å². The van der Waals surface area contributed by atoms with Crippen molar-refractivity contribution in [3.63, 3.8) is 0 Å². The summed E-state index contributed by atoms with van der Waals surface area (Å²) >= 11 is 0. The van der Waals surface area contributed by atoms with Crippen LogP contribution in [0.1, 0.15) is 5.76 Å². The highest BCUT2D eigenvalue weighted by molar-refractivity contribution is 7.91. The third kappa shape index (κ3) is 3.80. The van der Waals surface area contributed by atoms with Crippen molar-refractivity contribution in [3.8, 4) is 0 Å². The van der Waals surface area contributed by atoms with E-state index < -0.39 is 26.5 Å². The second-order valence-electron chi connectivity index (χ2n) is 3.84. The second kappa shape index (κ2) is 5.39. The highest BCUT2D eigenvalue weighted by Crippen LogP contribution is 2.17. The number of aliphatic hydroxyl groups excluding tert-OH is 1. The smallest absolute Gasteiger partial charge is 0.276 e. The number of aliphatic hydroxyl groups is 1. The van der Waals surface area contributed by atoms with Crippen LogP contribution < -0.4 is 0 Å². The van der Waals surface area contributed by atoms with Gasteiger partial charge in [0.1, 0.15) is 22.2 Å². The summed E-state index contributed by atoms with van der Waals surface area (Å²) in [6.45, 7) is -0.557. The lowest BCUT2D eigenvalue weighted by molar-refractivity contribution is 0.235. The molecule has 1 rings (SSSR count). The molecule has 1 aromatic heterocycles. The standard InChI is InChI=1S/C9H15NO6S2/c1-10(5-6-17(2,12)13)18(14,15)9-4-3-8(7-11)16-9/h3-4,11H,5-7H2,1-2H3. The zero-order valence-electron chi connectivity index (χ0n) is 10.0. The van der Waals surface area contributed by atoms with E-state index in [1.165, 1.54) is 19.2 Å². The maximum absolute atomic E-state index is 11.9. The third-order valence-electron chi connectivity index (χ3n) is 2.23. The monoisotopic (exact) mass is 297 g/mol. The molecule has 0 spiro atoms. The summed E-state index contributed by atoms with van der Waals surface area (Å²) < 4.78 is 51.6. The Balaban J connectivity index is 2.86. The Bertz CT molecular complexity index is 601. The van der Waals surface area contributed by atoms with Crippen LogP contribution in [0.15, 0.2) is 21.6 Å². The molecule has 0 aliphatic heterocycles. The largest absolute Gasteiger partial charge is 0.446 e. The van der Waals surface area contributed by atoms with Crippen molar-refractivity contribution in [2.45, 2.75) is 11.7 Å². The molecule has 18 heavy (non-hydrogen) atoms. The van der Waals surface area contributed by atoms with Crippen LogP contribution in [0.3, 0.4) is 0 Å². The molecule has 0 saturated carbocycles. The molecule has 1 aromatic rings. The molecule has 1 N–H and O–H groups in total. The van der Waals surface area contributed by atoms with E-state index in [-0.39, 0.29) is 23.2 Å². The van der Waals surface area contributed by atoms with Crippen molar-refractivity contribution >= 4 is 19.9 Å². The van der Waals surface area contributed by atoms with Crippen LogP contribution in [-0.4, -0.2) is 51.8 Å². The van der Waals surface area contributed by atoms with Gasteiger partial charge in [0.05, 0.1) is 5.75 Å². The summed E-state index contributed by atoms with van der Waals surface area (Å²) in [5, 5.41) is 8.47. The molecular weight excluding hydrogens is 282 g/mol.